The number of rotatable bonds is 12. The Morgan fingerprint density at radius 2 is 1.50 bits per heavy atom. The lowest BCUT2D eigenvalue weighted by atomic mass is 9.99. The van der Waals surface area contributed by atoms with E-state index < -0.39 is 55.3 Å². The van der Waals surface area contributed by atoms with Crippen molar-refractivity contribution in [3.05, 3.63) is 44.8 Å². The standard InChI is InChI=1S/C26H43N4O9P/c1-16-12-30(24(34)27-21(16)31)20-11-10-19(39-20)13-38-40(35,28-17(2)22(32)36-14-25(4,5)6)29-18(3)23(33)37-15-26(7,8)9/h10-12,17-20H,13-15H2,1-9H3,(H,27,31,34)(H2,28,29,35)/t17-,18-,19-,20+/m0/s1. The van der Waals surface area contributed by atoms with Gasteiger partial charge in [-0.05, 0) is 37.7 Å². The number of hydrogen-bond donors (Lipinski definition) is 3. The Kier molecular flexibility index (Phi) is 11.3. The lowest BCUT2D eigenvalue weighted by Crippen LogP contribution is -2.43. The molecule has 0 fully saturated rings. The van der Waals surface area contributed by atoms with Crippen molar-refractivity contribution in [3.8, 4) is 0 Å². The van der Waals surface area contributed by atoms with Crippen molar-refractivity contribution < 1.29 is 32.9 Å². The van der Waals surface area contributed by atoms with E-state index in [1.54, 1.807) is 19.1 Å². The highest BCUT2D eigenvalue weighted by Crippen LogP contribution is 2.40. The highest BCUT2D eigenvalue weighted by molar-refractivity contribution is 7.54. The van der Waals surface area contributed by atoms with Gasteiger partial charge in [0.1, 0.15) is 18.2 Å². The first-order valence-electron chi connectivity index (χ1n) is 13.1. The molecule has 0 radical (unpaired) electrons. The van der Waals surface area contributed by atoms with Crippen LogP contribution in [-0.4, -0.2) is 59.5 Å². The molecule has 0 spiro atoms. The van der Waals surface area contributed by atoms with E-state index >= 15 is 0 Å². The summed E-state index contributed by atoms with van der Waals surface area (Å²) in [6.45, 7) is 16.0. The Hall–Kier alpha value is -2.57. The fraction of sp³-hybridized carbons (Fsp3) is 0.692. The predicted octanol–water partition coefficient (Wildman–Crippen LogP) is 2.56. The third kappa shape index (κ3) is 10.8. The fourth-order valence-corrected chi connectivity index (χ4v) is 5.06. The Balaban J connectivity index is 2.13. The number of carbonyl (C=O) groups is 2. The third-order valence-corrected chi connectivity index (χ3v) is 7.34. The molecule has 0 bridgehead atoms. The van der Waals surface area contributed by atoms with Gasteiger partial charge in [-0.1, -0.05) is 47.6 Å². The Labute approximate surface area is 234 Å². The average Bonchev–Trinajstić information content (AvgIpc) is 3.29. The van der Waals surface area contributed by atoms with Gasteiger partial charge >= 0.3 is 25.3 Å². The minimum absolute atomic E-state index is 0.150. The lowest BCUT2D eigenvalue weighted by molar-refractivity contribution is -0.148. The van der Waals surface area contributed by atoms with Crippen LogP contribution in [0.15, 0.2) is 27.9 Å². The number of aromatic amines is 1. The molecule has 13 nitrogen and oxygen atoms in total. The SMILES string of the molecule is Cc1cn([C@H]2C=C[C@@H](COP(=O)(N[C@@H](C)C(=O)OCC(C)(C)C)N[C@@H](C)C(=O)OCC(C)(C)C)O2)c(=O)[nH]c1=O. The first-order valence-corrected chi connectivity index (χ1v) is 14.7. The number of aryl methyl sites for hydroxylation is 1. The molecule has 1 aromatic rings. The van der Waals surface area contributed by atoms with E-state index in [9.17, 15) is 23.7 Å². The summed E-state index contributed by atoms with van der Waals surface area (Å²) >= 11 is 0. The van der Waals surface area contributed by atoms with Gasteiger partial charge in [0.05, 0.1) is 19.8 Å². The summed E-state index contributed by atoms with van der Waals surface area (Å²) < 4.78 is 37.2. The van der Waals surface area contributed by atoms with Crippen molar-refractivity contribution in [2.45, 2.75) is 86.7 Å². The summed E-state index contributed by atoms with van der Waals surface area (Å²) in [5.41, 5.74) is -1.35. The van der Waals surface area contributed by atoms with Gasteiger partial charge in [-0.25, -0.2) is 15.0 Å². The fourth-order valence-electron chi connectivity index (χ4n) is 3.25. The maximum atomic E-state index is 13.9. The molecule has 14 heteroatoms. The van der Waals surface area contributed by atoms with Gasteiger partial charge < -0.3 is 18.7 Å². The van der Waals surface area contributed by atoms with Crippen molar-refractivity contribution in [2.75, 3.05) is 19.8 Å². The molecule has 3 N–H and O–H groups in total. The van der Waals surface area contributed by atoms with Crippen LogP contribution in [0.3, 0.4) is 0 Å². The maximum absolute atomic E-state index is 13.9. The van der Waals surface area contributed by atoms with Crippen LogP contribution in [-0.2, 0) is 32.9 Å². The minimum atomic E-state index is -4.07. The van der Waals surface area contributed by atoms with E-state index in [1.807, 2.05) is 41.5 Å². The summed E-state index contributed by atoms with van der Waals surface area (Å²) in [5.74, 6) is -1.29. The molecule has 1 aliphatic rings. The number of esters is 2. The summed E-state index contributed by atoms with van der Waals surface area (Å²) in [7, 11) is -4.07. The minimum Gasteiger partial charge on any atom is -0.464 e. The van der Waals surface area contributed by atoms with Gasteiger partial charge in [-0.2, -0.15) is 0 Å². The van der Waals surface area contributed by atoms with Crippen molar-refractivity contribution in [1.29, 1.82) is 0 Å². The van der Waals surface area contributed by atoms with Gasteiger partial charge in [-0.3, -0.25) is 28.5 Å². The van der Waals surface area contributed by atoms with Crippen LogP contribution in [0.25, 0.3) is 0 Å². The molecular weight excluding hydrogens is 543 g/mol. The zero-order chi connectivity index (χ0) is 30.5. The average molecular weight is 587 g/mol. The number of aromatic nitrogens is 2. The molecule has 1 aliphatic heterocycles. The lowest BCUT2D eigenvalue weighted by Gasteiger charge is -2.28. The molecule has 40 heavy (non-hydrogen) atoms. The van der Waals surface area contributed by atoms with Crippen LogP contribution in [0.4, 0.5) is 0 Å². The highest BCUT2D eigenvalue weighted by atomic mass is 31.2. The summed E-state index contributed by atoms with van der Waals surface area (Å²) in [6, 6.07) is -2.09. The van der Waals surface area contributed by atoms with Crippen LogP contribution >= 0.6 is 7.67 Å². The molecule has 0 saturated carbocycles. The van der Waals surface area contributed by atoms with Crippen molar-refractivity contribution in [2.24, 2.45) is 10.8 Å². The molecular formula is C26H43N4O9P. The summed E-state index contributed by atoms with van der Waals surface area (Å²) in [5, 5.41) is 5.28. The number of H-pyrrole nitrogens is 1. The smallest absolute Gasteiger partial charge is 0.342 e. The highest BCUT2D eigenvalue weighted by Gasteiger charge is 2.35. The molecule has 1 aromatic heterocycles. The van der Waals surface area contributed by atoms with Crippen LogP contribution in [0, 0.1) is 17.8 Å². The zero-order valence-electron chi connectivity index (χ0n) is 24.7. The van der Waals surface area contributed by atoms with Crippen LogP contribution in [0.5, 0.6) is 0 Å². The second-order valence-electron chi connectivity index (χ2n) is 12.3. The second kappa shape index (κ2) is 13.4. The molecule has 2 rings (SSSR count). The molecule has 226 valence electrons. The Morgan fingerprint density at radius 3 is 1.98 bits per heavy atom. The quantitative estimate of drug-likeness (QED) is 0.187. The Morgan fingerprint density at radius 1 is 1.00 bits per heavy atom. The topological polar surface area (TPSA) is 167 Å². The van der Waals surface area contributed by atoms with E-state index in [0.29, 0.717) is 5.56 Å². The molecule has 0 saturated heterocycles. The van der Waals surface area contributed by atoms with Crippen LogP contribution < -0.4 is 21.4 Å². The number of nitrogens with one attached hydrogen (secondary N) is 3. The van der Waals surface area contributed by atoms with Gasteiger partial charge in [0.25, 0.3) is 5.56 Å². The first-order chi connectivity index (χ1) is 18.3. The van der Waals surface area contributed by atoms with E-state index in [0.717, 1.165) is 0 Å². The molecule has 0 unspecified atom stereocenters. The molecule has 0 amide bonds. The van der Waals surface area contributed by atoms with Gasteiger partial charge in [0.2, 0.25) is 0 Å². The van der Waals surface area contributed by atoms with Gasteiger partial charge in [0.15, 0.2) is 6.23 Å². The largest absolute Gasteiger partial charge is 0.464 e. The normalized spacial score (nSPS) is 19.3. The van der Waals surface area contributed by atoms with Crippen molar-refractivity contribution >= 4 is 19.6 Å². The van der Waals surface area contributed by atoms with Gasteiger partial charge in [0, 0.05) is 11.8 Å². The monoisotopic (exact) mass is 586 g/mol. The molecule has 2 heterocycles. The predicted molar refractivity (Wildman–Crippen MR) is 149 cm³/mol. The van der Waals surface area contributed by atoms with Crippen LogP contribution in [0.2, 0.25) is 0 Å². The van der Waals surface area contributed by atoms with Crippen molar-refractivity contribution in [1.82, 2.24) is 19.7 Å². The number of carbonyl (C=O) groups excluding carboxylic acids is 2. The maximum Gasteiger partial charge on any atom is 0.342 e. The molecule has 4 atom stereocenters. The molecule has 0 aromatic carbocycles. The van der Waals surface area contributed by atoms with Gasteiger partial charge in [-0.15, -0.1) is 0 Å². The summed E-state index contributed by atoms with van der Waals surface area (Å²) in [4.78, 5) is 51.2. The van der Waals surface area contributed by atoms with Crippen molar-refractivity contribution in [3.63, 3.8) is 0 Å². The van der Waals surface area contributed by atoms with E-state index in [-0.39, 0.29) is 30.7 Å². The number of nitrogens with zero attached hydrogens (tertiary/aromatic N) is 1. The summed E-state index contributed by atoms with van der Waals surface area (Å²) in [6.07, 6.45) is 3.03. The second-order valence-corrected chi connectivity index (χ2v) is 14.2. The van der Waals surface area contributed by atoms with Crippen LogP contribution in [0.1, 0.15) is 67.2 Å². The molecule has 0 aliphatic carbocycles. The van der Waals surface area contributed by atoms with E-state index in [4.69, 9.17) is 18.7 Å². The number of hydrogen-bond acceptors (Lipinski definition) is 9. The first kappa shape index (κ1) is 33.6. The Bertz CT molecular complexity index is 1200. The zero-order valence-corrected chi connectivity index (χ0v) is 25.6. The van der Waals surface area contributed by atoms with E-state index in [2.05, 4.69) is 15.2 Å². The number of ether oxygens (including phenoxy) is 3. The third-order valence-electron chi connectivity index (χ3n) is 5.37. The van der Waals surface area contributed by atoms with E-state index in [1.165, 1.54) is 24.6 Å².